The second-order valence-electron chi connectivity index (χ2n) is 4.49. The average Bonchev–Trinajstić information content (AvgIpc) is 2.38. The third kappa shape index (κ3) is 3.00. The first kappa shape index (κ1) is 13.3. The number of aromatic nitrogens is 2. The van der Waals surface area contributed by atoms with Gasteiger partial charge in [0.2, 0.25) is 0 Å². The molecule has 0 unspecified atom stereocenters. The Morgan fingerprint density at radius 3 is 2.68 bits per heavy atom. The van der Waals surface area contributed by atoms with E-state index in [0.29, 0.717) is 6.54 Å². The molecule has 0 spiro atoms. The first-order valence-electron chi connectivity index (χ1n) is 6.17. The van der Waals surface area contributed by atoms with Crippen molar-refractivity contribution in [3.8, 4) is 0 Å². The SMILES string of the molecule is Cc1cccc(Cn2ccc(=O)n(CCN)c2=O)c1. The Bertz CT molecular complexity index is 686. The maximum absolute atomic E-state index is 12.1. The Labute approximate surface area is 110 Å². The molecular formula is C14H17N3O2. The zero-order valence-corrected chi connectivity index (χ0v) is 10.9. The summed E-state index contributed by atoms with van der Waals surface area (Å²) < 4.78 is 2.68. The maximum atomic E-state index is 12.1. The summed E-state index contributed by atoms with van der Waals surface area (Å²) in [5, 5.41) is 0. The third-order valence-corrected chi connectivity index (χ3v) is 2.93. The van der Waals surface area contributed by atoms with Gasteiger partial charge in [-0.1, -0.05) is 29.8 Å². The van der Waals surface area contributed by atoms with Crippen LogP contribution in [-0.4, -0.2) is 15.7 Å². The normalized spacial score (nSPS) is 10.6. The third-order valence-electron chi connectivity index (χ3n) is 2.93. The second-order valence-corrected chi connectivity index (χ2v) is 4.49. The van der Waals surface area contributed by atoms with Crippen molar-refractivity contribution < 1.29 is 0 Å². The van der Waals surface area contributed by atoms with Crippen LogP contribution < -0.4 is 17.0 Å². The molecule has 0 saturated carbocycles. The minimum absolute atomic E-state index is 0.242. The fourth-order valence-corrected chi connectivity index (χ4v) is 2.02. The molecule has 2 rings (SSSR count). The lowest BCUT2D eigenvalue weighted by atomic mass is 10.1. The number of benzene rings is 1. The predicted octanol–water partition coefficient (Wildman–Crippen LogP) is 0.325. The fourth-order valence-electron chi connectivity index (χ4n) is 2.02. The minimum Gasteiger partial charge on any atom is -0.329 e. The van der Waals surface area contributed by atoms with Gasteiger partial charge in [-0.2, -0.15) is 0 Å². The molecule has 0 aliphatic heterocycles. The average molecular weight is 259 g/mol. The Morgan fingerprint density at radius 2 is 2.00 bits per heavy atom. The molecule has 0 bridgehead atoms. The highest BCUT2D eigenvalue weighted by molar-refractivity contribution is 5.22. The van der Waals surface area contributed by atoms with Gasteiger partial charge in [0.1, 0.15) is 0 Å². The van der Waals surface area contributed by atoms with Gasteiger partial charge in [-0.15, -0.1) is 0 Å². The van der Waals surface area contributed by atoms with Gasteiger partial charge in [0.15, 0.2) is 0 Å². The molecule has 0 saturated heterocycles. The first-order chi connectivity index (χ1) is 9.11. The van der Waals surface area contributed by atoms with Crippen LogP contribution in [0.4, 0.5) is 0 Å². The molecule has 0 fully saturated rings. The van der Waals surface area contributed by atoms with Gasteiger partial charge in [0.25, 0.3) is 5.56 Å². The van der Waals surface area contributed by atoms with Crippen LogP contribution in [0.15, 0.2) is 46.1 Å². The lowest BCUT2D eigenvalue weighted by Crippen LogP contribution is -2.40. The minimum atomic E-state index is -0.320. The molecule has 1 aromatic carbocycles. The van der Waals surface area contributed by atoms with Crippen molar-refractivity contribution in [1.29, 1.82) is 0 Å². The number of aryl methyl sites for hydroxylation is 1. The summed E-state index contributed by atoms with van der Waals surface area (Å²) in [7, 11) is 0. The summed E-state index contributed by atoms with van der Waals surface area (Å²) in [5.41, 5.74) is 6.95. The lowest BCUT2D eigenvalue weighted by Gasteiger charge is -2.09. The fraction of sp³-hybridized carbons (Fsp3) is 0.286. The highest BCUT2D eigenvalue weighted by Gasteiger charge is 2.05. The second kappa shape index (κ2) is 5.67. The van der Waals surface area contributed by atoms with E-state index in [9.17, 15) is 9.59 Å². The number of hydrogen-bond donors (Lipinski definition) is 1. The topological polar surface area (TPSA) is 70.0 Å². The van der Waals surface area contributed by atoms with Crippen LogP contribution in [0.2, 0.25) is 0 Å². The molecule has 19 heavy (non-hydrogen) atoms. The van der Waals surface area contributed by atoms with E-state index in [2.05, 4.69) is 0 Å². The number of nitrogens with two attached hydrogens (primary N) is 1. The molecule has 5 nitrogen and oxygen atoms in total. The van der Waals surface area contributed by atoms with Crippen molar-refractivity contribution >= 4 is 0 Å². The van der Waals surface area contributed by atoms with E-state index >= 15 is 0 Å². The van der Waals surface area contributed by atoms with Gasteiger partial charge < -0.3 is 5.73 Å². The molecule has 1 aromatic heterocycles. The summed E-state index contributed by atoms with van der Waals surface area (Å²) in [6.07, 6.45) is 1.53. The molecule has 0 aliphatic carbocycles. The summed E-state index contributed by atoms with van der Waals surface area (Å²) in [6, 6.07) is 9.32. The largest absolute Gasteiger partial charge is 0.331 e. The van der Waals surface area contributed by atoms with Crippen molar-refractivity contribution in [1.82, 2.24) is 9.13 Å². The Balaban J connectivity index is 2.39. The molecule has 2 N–H and O–H groups in total. The van der Waals surface area contributed by atoms with Gasteiger partial charge >= 0.3 is 5.69 Å². The van der Waals surface area contributed by atoms with Crippen LogP contribution >= 0.6 is 0 Å². The van der Waals surface area contributed by atoms with Gasteiger partial charge in [-0.25, -0.2) is 4.79 Å². The zero-order chi connectivity index (χ0) is 13.8. The highest BCUT2D eigenvalue weighted by Crippen LogP contribution is 2.04. The monoisotopic (exact) mass is 259 g/mol. The molecular weight excluding hydrogens is 242 g/mol. The molecule has 2 aromatic rings. The lowest BCUT2D eigenvalue weighted by molar-refractivity contribution is 0.579. The van der Waals surface area contributed by atoms with Gasteiger partial charge in [-0.3, -0.25) is 13.9 Å². The van der Waals surface area contributed by atoms with Crippen LogP contribution in [0.25, 0.3) is 0 Å². The molecule has 0 atom stereocenters. The molecule has 100 valence electrons. The zero-order valence-electron chi connectivity index (χ0n) is 10.9. The molecule has 1 heterocycles. The molecule has 0 radical (unpaired) electrons. The molecule has 0 aliphatic rings. The van der Waals surface area contributed by atoms with Crippen LogP contribution in [0.1, 0.15) is 11.1 Å². The predicted molar refractivity (Wildman–Crippen MR) is 74.3 cm³/mol. The molecule has 0 amide bonds. The highest BCUT2D eigenvalue weighted by atomic mass is 16.2. The summed E-state index contributed by atoms with van der Waals surface area (Å²) in [5.74, 6) is 0. The van der Waals surface area contributed by atoms with Crippen LogP contribution in [-0.2, 0) is 13.1 Å². The van der Waals surface area contributed by atoms with Crippen molar-refractivity contribution in [2.75, 3.05) is 6.54 Å². The van der Waals surface area contributed by atoms with E-state index in [4.69, 9.17) is 5.73 Å². The molecule has 5 heteroatoms. The van der Waals surface area contributed by atoms with E-state index in [1.165, 1.54) is 16.8 Å². The summed E-state index contributed by atoms with van der Waals surface area (Å²) in [4.78, 5) is 23.7. The quantitative estimate of drug-likeness (QED) is 0.860. The van der Waals surface area contributed by atoms with E-state index < -0.39 is 0 Å². The van der Waals surface area contributed by atoms with Crippen LogP contribution in [0.5, 0.6) is 0 Å². The van der Waals surface area contributed by atoms with Gasteiger partial charge in [0, 0.05) is 25.4 Å². The standard InChI is InChI=1S/C14H17N3O2/c1-11-3-2-4-12(9-11)10-16-7-5-13(18)17(8-6-15)14(16)19/h2-5,7,9H,6,8,10,15H2,1H3. The van der Waals surface area contributed by atoms with Crippen LogP contribution in [0.3, 0.4) is 0 Å². The number of rotatable bonds is 4. The summed E-state index contributed by atoms with van der Waals surface area (Å²) >= 11 is 0. The first-order valence-corrected chi connectivity index (χ1v) is 6.17. The Morgan fingerprint density at radius 1 is 1.21 bits per heavy atom. The van der Waals surface area contributed by atoms with Crippen molar-refractivity contribution in [3.05, 3.63) is 68.5 Å². The van der Waals surface area contributed by atoms with E-state index in [-0.39, 0.29) is 24.3 Å². The van der Waals surface area contributed by atoms with E-state index in [1.807, 2.05) is 31.2 Å². The summed E-state index contributed by atoms with van der Waals surface area (Å²) in [6.45, 7) is 2.96. The van der Waals surface area contributed by atoms with Crippen LogP contribution in [0, 0.1) is 6.92 Å². The van der Waals surface area contributed by atoms with E-state index in [0.717, 1.165) is 15.7 Å². The number of hydrogen-bond acceptors (Lipinski definition) is 3. The number of nitrogens with zero attached hydrogens (tertiary/aromatic N) is 2. The maximum Gasteiger partial charge on any atom is 0.331 e. The van der Waals surface area contributed by atoms with Crippen molar-refractivity contribution in [2.24, 2.45) is 5.73 Å². The Hall–Kier alpha value is -2.14. The Kier molecular flexibility index (Phi) is 3.97. The van der Waals surface area contributed by atoms with Gasteiger partial charge in [-0.05, 0) is 12.5 Å². The van der Waals surface area contributed by atoms with Crippen molar-refractivity contribution in [2.45, 2.75) is 20.0 Å². The van der Waals surface area contributed by atoms with Gasteiger partial charge in [0.05, 0.1) is 6.54 Å². The smallest absolute Gasteiger partial charge is 0.329 e. The van der Waals surface area contributed by atoms with Crippen molar-refractivity contribution in [3.63, 3.8) is 0 Å². The van der Waals surface area contributed by atoms with E-state index in [1.54, 1.807) is 0 Å².